The van der Waals surface area contributed by atoms with Crippen LogP contribution >= 0.6 is 11.6 Å². The Balaban J connectivity index is 1.91. The molecule has 2 aromatic carbocycles. The molecule has 0 amide bonds. The van der Waals surface area contributed by atoms with E-state index in [-0.39, 0.29) is 28.2 Å². The lowest BCUT2D eigenvalue weighted by molar-refractivity contribution is -0.143. The van der Waals surface area contributed by atoms with Crippen molar-refractivity contribution in [3.8, 4) is 23.1 Å². The van der Waals surface area contributed by atoms with Gasteiger partial charge in [0, 0.05) is 16.1 Å². The van der Waals surface area contributed by atoms with E-state index in [1.54, 1.807) is 0 Å². The van der Waals surface area contributed by atoms with Crippen LogP contribution < -0.4 is 4.74 Å². The van der Waals surface area contributed by atoms with Crippen LogP contribution in [0.15, 0.2) is 36.4 Å². The second-order valence-electron chi connectivity index (χ2n) is 5.98. The van der Waals surface area contributed by atoms with Gasteiger partial charge in [-0.05, 0) is 30.3 Å². The summed E-state index contributed by atoms with van der Waals surface area (Å²) in [5.41, 5.74) is -2.87. The van der Waals surface area contributed by atoms with Crippen LogP contribution in [0.3, 0.4) is 0 Å². The Morgan fingerprint density at radius 3 is 2.40 bits per heavy atom. The highest BCUT2D eigenvalue weighted by atomic mass is 35.5. The summed E-state index contributed by atoms with van der Waals surface area (Å²) in [6.45, 7) is -0.670. The fourth-order valence-corrected chi connectivity index (χ4v) is 2.82. The number of alkyl halides is 6. The fraction of sp³-hybridized carbons (Fsp3) is 0.167. The largest absolute Gasteiger partial charge is 0.489 e. The van der Waals surface area contributed by atoms with Crippen LogP contribution in [0.1, 0.15) is 22.4 Å². The van der Waals surface area contributed by atoms with Crippen LogP contribution in [0, 0.1) is 11.3 Å². The summed E-state index contributed by atoms with van der Waals surface area (Å²) in [6.07, 6.45) is -9.93. The van der Waals surface area contributed by atoms with Gasteiger partial charge in [-0.2, -0.15) is 31.6 Å². The van der Waals surface area contributed by atoms with Crippen LogP contribution in [-0.2, 0) is 19.0 Å². The van der Waals surface area contributed by atoms with Crippen molar-refractivity contribution in [2.24, 2.45) is 0 Å². The van der Waals surface area contributed by atoms with Crippen molar-refractivity contribution in [3.63, 3.8) is 0 Å². The van der Waals surface area contributed by atoms with E-state index in [4.69, 9.17) is 21.6 Å². The minimum absolute atomic E-state index is 0.0254. The highest BCUT2D eigenvalue weighted by Gasteiger charge is 2.38. The summed E-state index contributed by atoms with van der Waals surface area (Å²) in [4.78, 5) is 0. The molecule has 0 aliphatic heterocycles. The maximum atomic E-state index is 13.2. The van der Waals surface area contributed by atoms with Crippen LogP contribution in [-0.4, -0.2) is 15.4 Å². The number of rotatable bonds is 4. The number of H-pyrrole nitrogens is 1. The predicted molar refractivity (Wildman–Crippen MR) is 92.3 cm³/mol. The summed E-state index contributed by atoms with van der Waals surface area (Å²) >= 11 is 5.99. The smallest absolute Gasteiger partial charge is 0.416 e. The average Bonchev–Trinajstić information content (AvgIpc) is 3.13. The van der Waals surface area contributed by atoms with Gasteiger partial charge in [-0.15, -0.1) is 5.10 Å². The normalized spacial score (nSPS) is 11.9. The first-order valence-corrected chi connectivity index (χ1v) is 8.39. The van der Waals surface area contributed by atoms with Crippen molar-refractivity contribution in [1.82, 2.24) is 15.4 Å². The van der Waals surface area contributed by atoms with E-state index in [0.717, 1.165) is 0 Å². The second-order valence-corrected chi connectivity index (χ2v) is 6.42. The third-order valence-corrected chi connectivity index (χ3v) is 4.16. The lowest BCUT2D eigenvalue weighted by Crippen LogP contribution is -2.14. The van der Waals surface area contributed by atoms with E-state index in [2.05, 4.69) is 15.4 Å². The predicted octanol–water partition coefficient (Wildman–Crippen LogP) is 5.61. The average molecular weight is 447 g/mol. The summed E-state index contributed by atoms with van der Waals surface area (Å²) in [5, 5.41) is 18.8. The van der Waals surface area contributed by atoms with Crippen LogP contribution in [0.4, 0.5) is 26.3 Å². The quantitative estimate of drug-likeness (QED) is 0.528. The van der Waals surface area contributed by atoms with Gasteiger partial charge < -0.3 is 4.74 Å². The number of nitrogens with zero attached hydrogens (tertiary/aromatic N) is 3. The zero-order valence-electron chi connectivity index (χ0n) is 14.6. The molecule has 0 aliphatic rings. The number of aromatic nitrogens is 3. The Bertz CT molecular complexity index is 1120. The summed E-state index contributed by atoms with van der Waals surface area (Å²) in [7, 11) is 0. The number of aromatic amines is 1. The van der Waals surface area contributed by atoms with Crippen molar-refractivity contribution in [2.45, 2.75) is 19.0 Å². The van der Waals surface area contributed by atoms with Gasteiger partial charge in [-0.3, -0.25) is 0 Å². The first kappa shape index (κ1) is 21.4. The van der Waals surface area contributed by atoms with E-state index < -0.39 is 35.6 Å². The zero-order valence-corrected chi connectivity index (χ0v) is 15.3. The number of hydrogen-bond donors (Lipinski definition) is 1. The first-order chi connectivity index (χ1) is 14.0. The molecule has 0 radical (unpaired) electrons. The Morgan fingerprint density at radius 2 is 1.77 bits per heavy atom. The second kappa shape index (κ2) is 7.87. The highest BCUT2D eigenvalue weighted by molar-refractivity contribution is 6.31. The number of nitrogens with one attached hydrogen (secondary N) is 1. The monoisotopic (exact) mass is 446 g/mol. The van der Waals surface area contributed by atoms with E-state index in [0.29, 0.717) is 17.7 Å². The number of ether oxygens (including phenoxy) is 1. The van der Waals surface area contributed by atoms with Crippen molar-refractivity contribution >= 4 is 11.6 Å². The summed E-state index contributed by atoms with van der Waals surface area (Å²) < 4.78 is 83.4. The lowest BCUT2D eigenvalue weighted by Gasteiger charge is -2.16. The van der Waals surface area contributed by atoms with Crippen molar-refractivity contribution in [2.75, 3.05) is 0 Å². The highest BCUT2D eigenvalue weighted by Crippen LogP contribution is 2.38. The lowest BCUT2D eigenvalue weighted by atomic mass is 10.0. The van der Waals surface area contributed by atoms with Gasteiger partial charge in [0.2, 0.25) is 0 Å². The molecule has 5 nitrogen and oxygen atoms in total. The molecule has 3 rings (SSSR count). The Labute approximate surface area is 169 Å². The van der Waals surface area contributed by atoms with E-state index in [9.17, 15) is 26.3 Å². The van der Waals surface area contributed by atoms with Crippen molar-refractivity contribution in [3.05, 3.63) is 63.8 Å². The maximum Gasteiger partial charge on any atom is 0.416 e. The maximum absolute atomic E-state index is 13.2. The summed E-state index contributed by atoms with van der Waals surface area (Å²) in [6, 6.07) is 7.23. The number of hydrogen-bond acceptors (Lipinski definition) is 4. The fourth-order valence-electron chi connectivity index (χ4n) is 2.59. The number of halogens is 7. The van der Waals surface area contributed by atoms with Gasteiger partial charge in [0.25, 0.3) is 0 Å². The first-order valence-electron chi connectivity index (χ1n) is 8.01. The van der Waals surface area contributed by atoms with Crippen LogP contribution in [0.25, 0.3) is 11.3 Å². The third kappa shape index (κ3) is 4.65. The minimum atomic E-state index is -5.01. The molecular weight excluding hydrogens is 438 g/mol. The molecule has 0 spiro atoms. The molecule has 0 bridgehead atoms. The van der Waals surface area contributed by atoms with Gasteiger partial charge in [0.15, 0.2) is 5.69 Å². The molecule has 0 aliphatic carbocycles. The zero-order chi connectivity index (χ0) is 22.1. The Kier molecular flexibility index (Phi) is 5.63. The van der Waals surface area contributed by atoms with Crippen LogP contribution in [0.2, 0.25) is 5.02 Å². The molecule has 12 heteroatoms. The van der Waals surface area contributed by atoms with Gasteiger partial charge in [0.05, 0.1) is 11.1 Å². The molecular formula is C18H9ClF6N4O. The van der Waals surface area contributed by atoms with E-state index in [1.807, 2.05) is 6.07 Å². The van der Waals surface area contributed by atoms with Crippen LogP contribution in [0.5, 0.6) is 5.75 Å². The molecule has 0 atom stereocenters. The Morgan fingerprint density at radius 1 is 1.03 bits per heavy atom. The van der Waals surface area contributed by atoms with Gasteiger partial charge >= 0.3 is 12.4 Å². The molecule has 1 N–H and O–H groups in total. The van der Waals surface area contributed by atoms with E-state index >= 15 is 0 Å². The molecule has 0 fully saturated rings. The van der Waals surface area contributed by atoms with Crippen molar-refractivity contribution in [1.29, 1.82) is 5.26 Å². The molecule has 0 unspecified atom stereocenters. The molecule has 30 heavy (non-hydrogen) atoms. The molecule has 1 aromatic heterocycles. The molecule has 156 valence electrons. The molecule has 3 aromatic rings. The molecule has 0 saturated heterocycles. The number of nitriles is 1. The van der Waals surface area contributed by atoms with Gasteiger partial charge in [0.1, 0.15) is 24.1 Å². The topological polar surface area (TPSA) is 74.6 Å². The van der Waals surface area contributed by atoms with Crippen molar-refractivity contribution < 1.29 is 31.1 Å². The minimum Gasteiger partial charge on any atom is -0.489 e. The molecule has 0 saturated carbocycles. The third-order valence-electron chi connectivity index (χ3n) is 3.94. The Hall–Kier alpha value is -3.26. The van der Waals surface area contributed by atoms with E-state index in [1.165, 1.54) is 18.2 Å². The SMILES string of the molecule is N#Cc1[nH]nnc1-c1cc(Cl)cc(OCc2ccc(C(F)(F)F)cc2C(F)(F)F)c1. The number of benzene rings is 2. The molecule has 1 heterocycles. The summed E-state index contributed by atoms with van der Waals surface area (Å²) in [5.74, 6) is 0.0254. The van der Waals surface area contributed by atoms with Gasteiger partial charge in [-0.1, -0.05) is 22.9 Å². The van der Waals surface area contributed by atoms with Gasteiger partial charge in [-0.25, -0.2) is 5.10 Å². The standard InChI is InChI=1S/C18H9ClF6N4O/c19-12-3-10(16-15(7-26)27-29-28-16)4-13(6-12)30-8-9-1-2-11(17(20,21)22)5-14(9)18(23,24)25/h1-6H,8H2,(H,27,28,29).